The molecule has 1 aliphatic heterocycles. The van der Waals surface area contributed by atoms with Gasteiger partial charge in [-0.1, -0.05) is 24.3 Å². The Labute approximate surface area is 151 Å². The average Bonchev–Trinajstić information content (AvgIpc) is 3.05. The second kappa shape index (κ2) is 7.33. The maximum Gasteiger partial charge on any atom is 0.254 e. The number of pyridine rings is 1. The smallest absolute Gasteiger partial charge is 0.254 e. The molecular weight excluding hydrogens is 330 g/mol. The van der Waals surface area contributed by atoms with Gasteiger partial charge in [-0.2, -0.15) is 0 Å². The molecule has 5 heteroatoms. The van der Waals surface area contributed by atoms with E-state index in [9.17, 15) is 4.79 Å². The summed E-state index contributed by atoms with van der Waals surface area (Å²) in [5.41, 5.74) is 1.64. The molecule has 0 bridgehead atoms. The van der Waals surface area contributed by atoms with Crippen LogP contribution in [0.5, 0.6) is 0 Å². The van der Waals surface area contributed by atoms with Gasteiger partial charge in [0.2, 0.25) is 0 Å². The lowest BCUT2D eigenvalue weighted by atomic mass is 10.1. The maximum absolute atomic E-state index is 13.1. The van der Waals surface area contributed by atoms with Crippen LogP contribution in [0.1, 0.15) is 21.7 Å². The second-order valence-electron chi connectivity index (χ2n) is 6.38. The van der Waals surface area contributed by atoms with Crippen molar-refractivity contribution in [1.82, 2.24) is 14.8 Å². The highest BCUT2D eigenvalue weighted by Crippen LogP contribution is 2.19. The Bertz CT molecular complexity index is 857. The maximum atomic E-state index is 13.1. The molecule has 0 radical (unpaired) electrons. The Morgan fingerprint density at radius 1 is 1.04 bits per heavy atom. The number of amides is 1. The molecule has 1 saturated heterocycles. The van der Waals surface area contributed by atoms with Crippen LogP contribution < -0.4 is 0 Å². The van der Waals surface area contributed by atoms with E-state index < -0.39 is 0 Å². The van der Waals surface area contributed by atoms with Gasteiger partial charge in [0.15, 0.2) is 0 Å². The van der Waals surface area contributed by atoms with Gasteiger partial charge < -0.3 is 4.90 Å². The molecule has 0 atom stereocenters. The normalized spacial score (nSPS) is 16.1. The molecule has 1 aromatic carbocycles. The fourth-order valence-corrected chi connectivity index (χ4v) is 4.15. The average molecular weight is 351 g/mol. The van der Waals surface area contributed by atoms with Crippen LogP contribution in [0.3, 0.4) is 0 Å². The van der Waals surface area contributed by atoms with Gasteiger partial charge >= 0.3 is 0 Å². The van der Waals surface area contributed by atoms with E-state index in [2.05, 4.69) is 27.4 Å². The predicted molar refractivity (Wildman–Crippen MR) is 102 cm³/mol. The van der Waals surface area contributed by atoms with Crippen LogP contribution >= 0.6 is 11.3 Å². The highest BCUT2D eigenvalue weighted by atomic mass is 32.1. The van der Waals surface area contributed by atoms with E-state index in [1.54, 1.807) is 17.5 Å². The van der Waals surface area contributed by atoms with E-state index in [4.69, 9.17) is 0 Å². The van der Waals surface area contributed by atoms with E-state index in [1.165, 1.54) is 4.88 Å². The molecule has 0 unspecified atom stereocenters. The zero-order chi connectivity index (χ0) is 17.1. The number of rotatable bonds is 3. The summed E-state index contributed by atoms with van der Waals surface area (Å²) in [6, 6.07) is 14.0. The van der Waals surface area contributed by atoms with Crippen molar-refractivity contribution in [1.29, 1.82) is 0 Å². The molecule has 2 aromatic heterocycles. The van der Waals surface area contributed by atoms with E-state index in [1.807, 2.05) is 35.2 Å². The zero-order valence-corrected chi connectivity index (χ0v) is 14.9. The van der Waals surface area contributed by atoms with E-state index in [0.717, 1.165) is 55.6 Å². The number of para-hydroxylation sites is 1. The first kappa shape index (κ1) is 16.2. The number of hydrogen-bond acceptors (Lipinski definition) is 4. The van der Waals surface area contributed by atoms with Gasteiger partial charge in [0, 0.05) is 49.2 Å². The zero-order valence-electron chi connectivity index (χ0n) is 14.1. The Hall–Kier alpha value is -2.24. The largest absolute Gasteiger partial charge is 0.337 e. The topological polar surface area (TPSA) is 36.4 Å². The molecule has 4 rings (SSSR count). The summed E-state index contributed by atoms with van der Waals surface area (Å²) >= 11 is 1.80. The van der Waals surface area contributed by atoms with Crippen LogP contribution in [0.4, 0.5) is 0 Å². The molecule has 128 valence electrons. The molecule has 0 N–H and O–H groups in total. The van der Waals surface area contributed by atoms with Gasteiger partial charge in [-0.3, -0.25) is 14.7 Å². The molecule has 3 heterocycles. The number of fused-ring (bicyclic) bond motifs is 1. The molecule has 1 fully saturated rings. The van der Waals surface area contributed by atoms with Gasteiger partial charge in [0.05, 0.1) is 11.1 Å². The van der Waals surface area contributed by atoms with Crippen LogP contribution in [-0.4, -0.2) is 46.9 Å². The first-order chi connectivity index (χ1) is 12.3. The van der Waals surface area contributed by atoms with Crippen molar-refractivity contribution in [3.63, 3.8) is 0 Å². The monoisotopic (exact) mass is 351 g/mol. The Balaban J connectivity index is 1.49. The third-order valence-corrected chi connectivity index (χ3v) is 5.58. The third-order valence-electron chi connectivity index (χ3n) is 4.71. The summed E-state index contributed by atoms with van der Waals surface area (Å²) in [6.45, 7) is 4.54. The number of hydrogen-bond donors (Lipinski definition) is 0. The van der Waals surface area contributed by atoms with Crippen LogP contribution in [0.25, 0.3) is 10.9 Å². The third kappa shape index (κ3) is 3.57. The summed E-state index contributed by atoms with van der Waals surface area (Å²) in [4.78, 5) is 23.3. The lowest BCUT2D eigenvalue weighted by Gasteiger charge is -2.22. The molecular formula is C20H21N3OS. The summed E-state index contributed by atoms with van der Waals surface area (Å²) < 4.78 is 0. The number of carbonyl (C=O) groups is 1. The molecule has 4 nitrogen and oxygen atoms in total. The molecule has 25 heavy (non-hydrogen) atoms. The van der Waals surface area contributed by atoms with Crippen molar-refractivity contribution >= 4 is 28.1 Å². The Kier molecular flexibility index (Phi) is 4.76. The van der Waals surface area contributed by atoms with Gasteiger partial charge in [-0.15, -0.1) is 11.3 Å². The molecule has 0 saturated carbocycles. The number of carbonyl (C=O) groups excluding carboxylic acids is 1. The van der Waals surface area contributed by atoms with Crippen molar-refractivity contribution in [3.8, 4) is 0 Å². The highest BCUT2D eigenvalue weighted by Gasteiger charge is 2.22. The molecule has 0 aliphatic carbocycles. The lowest BCUT2D eigenvalue weighted by molar-refractivity contribution is 0.0763. The van der Waals surface area contributed by atoms with Crippen molar-refractivity contribution in [2.75, 3.05) is 26.2 Å². The van der Waals surface area contributed by atoms with Gasteiger partial charge in [-0.05, 0) is 30.0 Å². The molecule has 1 amide bonds. The highest BCUT2D eigenvalue weighted by molar-refractivity contribution is 7.09. The van der Waals surface area contributed by atoms with Crippen molar-refractivity contribution in [2.24, 2.45) is 0 Å². The number of aromatic nitrogens is 1. The molecule has 1 aliphatic rings. The lowest BCUT2D eigenvalue weighted by Crippen LogP contribution is -2.35. The molecule has 0 spiro atoms. The Morgan fingerprint density at radius 2 is 1.96 bits per heavy atom. The van der Waals surface area contributed by atoms with Crippen LogP contribution in [0.15, 0.2) is 54.0 Å². The fraction of sp³-hybridized carbons (Fsp3) is 0.300. The summed E-state index contributed by atoms with van der Waals surface area (Å²) in [6.07, 6.45) is 2.75. The van der Waals surface area contributed by atoms with Gasteiger partial charge in [0.1, 0.15) is 0 Å². The minimum Gasteiger partial charge on any atom is -0.337 e. The van der Waals surface area contributed by atoms with Crippen LogP contribution in [-0.2, 0) is 6.54 Å². The van der Waals surface area contributed by atoms with Crippen molar-refractivity contribution in [2.45, 2.75) is 13.0 Å². The number of thiophene rings is 1. The molecule has 3 aromatic rings. The fourth-order valence-electron chi connectivity index (χ4n) is 3.41. The SMILES string of the molecule is O=C(c1ccnc2ccccc12)N1CCCN(Cc2cccs2)CC1. The minimum absolute atomic E-state index is 0.122. The summed E-state index contributed by atoms with van der Waals surface area (Å²) in [5.74, 6) is 0.122. The number of benzene rings is 1. The Morgan fingerprint density at radius 3 is 2.84 bits per heavy atom. The quantitative estimate of drug-likeness (QED) is 0.723. The predicted octanol–water partition coefficient (Wildman–Crippen LogP) is 3.64. The standard InChI is InChI=1S/C20H21N3OS/c24-20(18-8-9-21-19-7-2-1-6-17(18)19)23-11-4-10-22(12-13-23)15-16-5-3-14-25-16/h1-3,5-9,14H,4,10-13,15H2. The second-order valence-corrected chi connectivity index (χ2v) is 7.41. The van der Waals surface area contributed by atoms with E-state index >= 15 is 0 Å². The van der Waals surface area contributed by atoms with E-state index in [0.29, 0.717) is 0 Å². The summed E-state index contributed by atoms with van der Waals surface area (Å²) in [7, 11) is 0. The summed E-state index contributed by atoms with van der Waals surface area (Å²) in [5, 5.41) is 3.06. The van der Waals surface area contributed by atoms with Crippen molar-refractivity contribution in [3.05, 3.63) is 64.5 Å². The van der Waals surface area contributed by atoms with Crippen LogP contribution in [0, 0.1) is 0 Å². The minimum atomic E-state index is 0.122. The van der Waals surface area contributed by atoms with Gasteiger partial charge in [-0.25, -0.2) is 0 Å². The van der Waals surface area contributed by atoms with Crippen molar-refractivity contribution < 1.29 is 4.79 Å². The van der Waals surface area contributed by atoms with Crippen LogP contribution in [0.2, 0.25) is 0 Å². The first-order valence-corrected chi connectivity index (χ1v) is 9.57. The van der Waals surface area contributed by atoms with Gasteiger partial charge in [0.25, 0.3) is 5.91 Å². The number of nitrogens with zero attached hydrogens (tertiary/aromatic N) is 3. The first-order valence-electron chi connectivity index (χ1n) is 8.69. The van der Waals surface area contributed by atoms with E-state index in [-0.39, 0.29) is 5.91 Å².